The third-order valence-electron chi connectivity index (χ3n) is 9.50. The first kappa shape index (κ1) is 23.3. The zero-order chi connectivity index (χ0) is 27.1. The fraction of sp³-hybridized carbons (Fsp3) is 0.0769. The number of fused-ring (bicyclic) bond motifs is 9. The molecule has 6 aromatic rings. The van der Waals surface area contributed by atoms with E-state index in [1.165, 1.54) is 66.8 Å². The van der Waals surface area contributed by atoms with Crippen LogP contribution in [0.4, 0.5) is 0 Å². The molecule has 0 bridgehead atoms. The van der Waals surface area contributed by atoms with Crippen molar-refractivity contribution < 1.29 is 4.57 Å². The maximum absolute atomic E-state index is 16.6. The lowest BCUT2D eigenvalue weighted by atomic mass is 10.1. The molecule has 0 N–H and O–H groups in total. The molecule has 0 amide bonds. The smallest absolute Gasteiger partial charge is 0.171 e. The quantitative estimate of drug-likeness (QED) is 0.207. The summed E-state index contributed by atoms with van der Waals surface area (Å²) in [7, 11) is -3.29. The van der Waals surface area contributed by atoms with Gasteiger partial charge in [0.05, 0.1) is 0 Å². The fourth-order valence-corrected chi connectivity index (χ4v) is 11.1. The highest BCUT2D eigenvalue weighted by atomic mass is 31.2. The Labute approximate surface area is 240 Å². The standard InChI is InChI=1S/C39H27OP/c40-41(37-19-7-16-31-28-13-4-1-10-25(28)22-34(31)37,38-20-8-17-32-29-14-5-2-11-26(29)23-35(32)38)39-21-9-18-33-30-15-6-3-12-27(30)24-36(33)39/h1-21H,22-24H2. The van der Waals surface area contributed by atoms with Crippen LogP contribution in [0.2, 0.25) is 0 Å². The molecule has 9 rings (SSSR count). The lowest BCUT2D eigenvalue weighted by Crippen LogP contribution is -2.31. The van der Waals surface area contributed by atoms with Crippen LogP contribution in [-0.4, -0.2) is 0 Å². The molecular formula is C39H27OP. The van der Waals surface area contributed by atoms with Gasteiger partial charge in [-0.15, -0.1) is 0 Å². The first-order valence-electron chi connectivity index (χ1n) is 14.4. The van der Waals surface area contributed by atoms with Gasteiger partial charge < -0.3 is 4.57 Å². The first-order chi connectivity index (χ1) is 20.2. The molecule has 0 aromatic heterocycles. The zero-order valence-corrected chi connectivity index (χ0v) is 23.5. The molecule has 2 heteroatoms. The van der Waals surface area contributed by atoms with Gasteiger partial charge in [-0.3, -0.25) is 0 Å². The molecule has 0 radical (unpaired) electrons. The molecule has 41 heavy (non-hydrogen) atoms. The predicted octanol–water partition coefficient (Wildman–Crippen LogP) is 8.04. The molecule has 194 valence electrons. The Morgan fingerprint density at radius 3 is 0.976 bits per heavy atom. The van der Waals surface area contributed by atoms with Gasteiger partial charge in [0.1, 0.15) is 0 Å². The largest absolute Gasteiger partial charge is 0.309 e. The molecule has 0 atom stereocenters. The van der Waals surface area contributed by atoms with Crippen molar-refractivity contribution in [1.29, 1.82) is 0 Å². The van der Waals surface area contributed by atoms with Crippen LogP contribution in [0.3, 0.4) is 0 Å². The van der Waals surface area contributed by atoms with E-state index >= 15 is 4.57 Å². The third kappa shape index (κ3) is 3.16. The lowest BCUT2D eigenvalue weighted by molar-refractivity contribution is 0.592. The lowest BCUT2D eigenvalue weighted by Gasteiger charge is -2.27. The number of hydrogen-bond donors (Lipinski definition) is 0. The summed E-state index contributed by atoms with van der Waals surface area (Å²) < 4.78 is 16.6. The first-order valence-corrected chi connectivity index (χ1v) is 16.1. The van der Waals surface area contributed by atoms with Gasteiger partial charge in [-0.2, -0.15) is 0 Å². The van der Waals surface area contributed by atoms with Crippen LogP contribution in [-0.2, 0) is 23.8 Å². The highest BCUT2D eigenvalue weighted by Crippen LogP contribution is 2.53. The summed E-state index contributed by atoms with van der Waals surface area (Å²) in [5.41, 5.74) is 15.1. The molecular weight excluding hydrogens is 515 g/mol. The fourth-order valence-electron chi connectivity index (χ4n) is 7.70. The average molecular weight is 543 g/mol. The number of hydrogen-bond acceptors (Lipinski definition) is 1. The highest BCUT2D eigenvalue weighted by molar-refractivity contribution is 7.85. The normalized spacial score (nSPS) is 13.7. The van der Waals surface area contributed by atoms with E-state index < -0.39 is 7.14 Å². The van der Waals surface area contributed by atoms with E-state index in [0.717, 1.165) is 35.2 Å². The van der Waals surface area contributed by atoms with Crippen LogP contribution in [0.1, 0.15) is 33.4 Å². The summed E-state index contributed by atoms with van der Waals surface area (Å²) >= 11 is 0. The second-order valence-corrected chi connectivity index (χ2v) is 14.2. The Hall–Kier alpha value is -4.45. The van der Waals surface area contributed by atoms with Gasteiger partial charge in [-0.25, -0.2) is 0 Å². The summed E-state index contributed by atoms with van der Waals surface area (Å²) in [5, 5.41) is 3.00. The predicted molar refractivity (Wildman–Crippen MR) is 171 cm³/mol. The van der Waals surface area contributed by atoms with Crippen LogP contribution >= 0.6 is 7.14 Å². The Balaban J connectivity index is 1.36. The van der Waals surface area contributed by atoms with Crippen molar-refractivity contribution in [2.24, 2.45) is 0 Å². The minimum Gasteiger partial charge on any atom is -0.309 e. The molecule has 0 saturated carbocycles. The Kier molecular flexibility index (Phi) is 4.84. The maximum Gasteiger partial charge on any atom is 0.171 e. The third-order valence-corrected chi connectivity index (χ3v) is 12.8. The molecule has 0 heterocycles. The van der Waals surface area contributed by atoms with Crippen LogP contribution in [0.5, 0.6) is 0 Å². The van der Waals surface area contributed by atoms with E-state index in [9.17, 15) is 0 Å². The van der Waals surface area contributed by atoms with Crippen molar-refractivity contribution >= 4 is 23.1 Å². The van der Waals surface area contributed by atoms with Crippen LogP contribution < -0.4 is 15.9 Å². The molecule has 3 aliphatic carbocycles. The van der Waals surface area contributed by atoms with Crippen molar-refractivity contribution in [3.63, 3.8) is 0 Å². The Morgan fingerprint density at radius 2 is 0.634 bits per heavy atom. The number of rotatable bonds is 3. The molecule has 1 nitrogen and oxygen atoms in total. The van der Waals surface area contributed by atoms with Gasteiger partial charge in [0.25, 0.3) is 0 Å². The molecule has 0 spiro atoms. The van der Waals surface area contributed by atoms with E-state index in [4.69, 9.17) is 0 Å². The summed E-state index contributed by atoms with van der Waals surface area (Å²) in [4.78, 5) is 0. The summed E-state index contributed by atoms with van der Waals surface area (Å²) in [5.74, 6) is 0. The van der Waals surface area contributed by atoms with Crippen molar-refractivity contribution in [3.8, 4) is 33.4 Å². The van der Waals surface area contributed by atoms with E-state index in [1.54, 1.807) is 0 Å². The second kappa shape index (κ2) is 8.53. The van der Waals surface area contributed by atoms with Gasteiger partial charge in [0, 0.05) is 15.9 Å². The van der Waals surface area contributed by atoms with Crippen LogP contribution in [0.15, 0.2) is 127 Å². The van der Waals surface area contributed by atoms with E-state index in [1.807, 2.05) is 0 Å². The average Bonchev–Trinajstić information content (AvgIpc) is 3.71. The van der Waals surface area contributed by atoms with E-state index in [0.29, 0.717) is 0 Å². The summed E-state index contributed by atoms with van der Waals surface area (Å²) in [6.45, 7) is 0. The van der Waals surface area contributed by atoms with Crippen LogP contribution in [0.25, 0.3) is 33.4 Å². The van der Waals surface area contributed by atoms with E-state index in [2.05, 4.69) is 127 Å². The monoisotopic (exact) mass is 542 g/mol. The molecule has 0 unspecified atom stereocenters. The number of benzene rings is 6. The second-order valence-electron chi connectivity index (χ2n) is 11.5. The molecule has 6 aromatic carbocycles. The SMILES string of the molecule is O=P(c1cccc2c1Cc1ccccc1-2)(c1cccc2c1Cc1ccccc1-2)c1cccc2c1Cc1ccccc1-2. The van der Waals surface area contributed by atoms with Crippen molar-refractivity contribution in [3.05, 3.63) is 161 Å². The maximum atomic E-state index is 16.6. The zero-order valence-electron chi connectivity index (χ0n) is 22.6. The van der Waals surface area contributed by atoms with Crippen molar-refractivity contribution in [1.82, 2.24) is 0 Å². The minimum absolute atomic E-state index is 0.816. The topological polar surface area (TPSA) is 17.1 Å². The molecule has 0 fully saturated rings. The Morgan fingerprint density at radius 1 is 0.341 bits per heavy atom. The van der Waals surface area contributed by atoms with Gasteiger partial charge >= 0.3 is 0 Å². The summed E-state index contributed by atoms with van der Waals surface area (Å²) in [6, 6.07) is 45.5. The van der Waals surface area contributed by atoms with Gasteiger partial charge in [0.2, 0.25) is 0 Å². The Bertz CT molecular complexity index is 1880. The van der Waals surface area contributed by atoms with E-state index in [-0.39, 0.29) is 0 Å². The van der Waals surface area contributed by atoms with Crippen molar-refractivity contribution in [2.45, 2.75) is 19.3 Å². The van der Waals surface area contributed by atoms with Gasteiger partial charge in [-0.1, -0.05) is 127 Å². The van der Waals surface area contributed by atoms with Gasteiger partial charge in [-0.05, 0) is 86.0 Å². The molecule has 0 aliphatic heterocycles. The van der Waals surface area contributed by atoms with Crippen molar-refractivity contribution in [2.75, 3.05) is 0 Å². The van der Waals surface area contributed by atoms with Crippen LogP contribution in [0, 0.1) is 0 Å². The minimum atomic E-state index is -3.29. The molecule has 0 saturated heterocycles. The summed E-state index contributed by atoms with van der Waals surface area (Å²) in [6.07, 6.45) is 2.45. The highest BCUT2D eigenvalue weighted by Gasteiger charge is 2.40. The molecule has 3 aliphatic rings. The van der Waals surface area contributed by atoms with Gasteiger partial charge in [0.15, 0.2) is 7.14 Å².